The van der Waals surface area contributed by atoms with Gasteiger partial charge >= 0.3 is 6.03 Å². The molecule has 0 aromatic carbocycles. The largest absolute Gasteiger partial charge is 0.338 e. The maximum Gasteiger partial charge on any atom is 0.317 e. The molecule has 0 saturated carbocycles. The fraction of sp³-hybridized carbons (Fsp3) is 0.929. The van der Waals surface area contributed by atoms with E-state index in [1.165, 1.54) is 6.42 Å². The van der Waals surface area contributed by atoms with Crippen molar-refractivity contribution in [3.63, 3.8) is 0 Å². The van der Waals surface area contributed by atoms with Gasteiger partial charge in [-0.25, -0.2) is 4.79 Å². The van der Waals surface area contributed by atoms with Gasteiger partial charge in [0.15, 0.2) is 0 Å². The SMILES string of the molecule is CC1CCCN(C(=O)NCCCN2CCNCC2)C1. The molecule has 2 aliphatic heterocycles. The molecule has 0 aromatic rings. The van der Waals surface area contributed by atoms with Crippen LogP contribution < -0.4 is 10.6 Å². The summed E-state index contributed by atoms with van der Waals surface area (Å²) in [7, 11) is 0. The Labute approximate surface area is 116 Å². The molecule has 2 N–H and O–H groups in total. The van der Waals surface area contributed by atoms with Gasteiger partial charge in [-0.2, -0.15) is 0 Å². The van der Waals surface area contributed by atoms with Crippen LogP contribution in [0.4, 0.5) is 4.79 Å². The number of urea groups is 1. The molecule has 0 bridgehead atoms. The Kier molecular flexibility index (Phi) is 5.92. The fourth-order valence-corrected chi connectivity index (χ4v) is 2.92. The van der Waals surface area contributed by atoms with Crippen molar-refractivity contribution < 1.29 is 4.79 Å². The van der Waals surface area contributed by atoms with Crippen LogP contribution in [0.25, 0.3) is 0 Å². The number of hydrogen-bond donors (Lipinski definition) is 2. The van der Waals surface area contributed by atoms with Gasteiger partial charge in [0.05, 0.1) is 0 Å². The van der Waals surface area contributed by atoms with Crippen molar-refractivity contribution in [1.29, 1.82) is 0 Å². The van der Waals surface area contributed by atoms with Gasteiger partial charge in [0.1, 0.15) is 0 Å². The monoisotopic (exact) mass is 268 g/mol. The summed E-state index contributed by atoms with van der Waals surface area (Å²) in [6.07, 6.45) is 3.46. The van der Waals surface area contributed by atoms with Gasteiger partial charge in [0.2, 0.25) is 0 Å². The highest BCUT2D eigenvalue weighted by atomic mass is 16.2. The number of carbonyl (C=O) groups excluding carboxylic acids is 1. The highest BCUT2D eigenvalue weighted by Crippen LogP contribution is 2.15. The van der Waals surface area contributed by atoms with Gasteiger partial charge in [-0.1, -0.05) is 6.92 Å². The zero-order valence-electron chi connectivity index (χ0n) is 12.2. The summed E-state index contributed by atoms with van der Waals surface area (Å²) in [5.74, 6) is 0.653. The minimum Gasteiger partial charge on any atom is -0.338 e. The van der Waals surface area contributed by atoms with Crippen molar-refractivity contribution in [1.82, 2.24) is 20.4 Å². The lowest BCUT2D eigenvalue weighted by molar-refractivity contribution is 0.169. The van der Waals surface area contributed by atoms with Gasteiger partial charge in [-0.3, -0.25) is 0 Å². The van der Waals surface area contributed by atoms with Crippen LogP contribution >= 0.6 is 0 Å². The average Bonchev–Trinajstić information content (AvgIpc) is 2.44. The van der Waals surface area contributed by atoms with Crippen LogP contribution in [0.15, 0.2) is 0 Å². The van der Waals surface area contributed by atoms with E-state index in [0.717, 1.165) is 65.2 Å². The van der Waals surface area contributed by atoms with Gasteiger partial charge in [0.25, 0.3) is 0 Å². The van der Waals surface area contributed by atoms with E-state index in [1.54, 1.807) is 0 Å². The number of carbonyl (C=O) groups is 1. The molecule has 0 spiro atoms. The van der Waals surface area contributed by atoms with Crippen LogP contribution in [0.3, 0.4) is 0 Å². The predicted molar refractivity (Wildman–Crippen MR) is 77.3 cm³/mol. The highest BCUT2D eigenvalue weighted by Gasteiger charge is 2.20. The maximum atomic E-state index is 12.0. The summed E-state index contributed by atoms with van der Waals surface area (Å²) >= 11 is 0. The number of hydrogen-bond acceptors (Lipinski definition) is 3. The van der Waals surface area contributed by atoms with E-state index >= 15 is 0 Å². The molecule has 1 atom stereocenters. The molecule has 0 aromatic heterocycles. The third-order valence-electron chi connectivity index (χ3n) is 4.08. The van der Waals surface area contributed by atoms with Crippen molar-refractivity contribution >= 4 is 6.03 Å². The zero-order chi connectivity index (χ0) is 13.5. The van der Waals surface area contributed by atoms with Gasteiger partial charge in [0, 0.05) is 45.8 Å². The highest BCUT2D eigenvalue weighted by molar-refractivity contribution is 5.74. The average molecular weight is 268 g/mol. The zero-order valence-corrected chi connectivity index (χ0v) is 12.2. The van der Waals surface area contributed by atoms with Crippen molar-refractivity contribution in [2.45, 2.75) is 26.2 Å². The first-order valence-corrected chi connectivity index (χ1v) is 7.71. The Morgan fingerprint density at radius 3 is 2.84 bits per heavy atom. The first-order chi connectivity index (χ1) is 9.25. The quantitative estimate of drug-likeness (QED) is 0.739. The standard InChI is InChI=1S/C14H28N4O/c1-13-4-2-9-18(12-13)14(19)16-5-3-8-17-10-6-15-7-11-17/h13,15H,2-12H2,1H3,(H,16,19). The van der Waals surface area contributed by atoms with Crippen LogP contribution in [0.2, 0.25) is 0 Å². The first-order valence-electron chi connectivity index (χ1n) is 7.71. The molecule has 2 amide bonds. The van der Waals surface area contributed by atoms with Crippen molar-refractivity contribution in [3.05, 3.63) is 0 Å². The summed E-state index contributed by atoms with van der Waals surface area (Å²) < 4.78 is 0. The summed E-state index contributed by atoms with van der Waals surface area (Å²) in [6, 6.07) is 0.131. The third kappa shape index (κ3) is 4.99. The Hall–Kier alpha value is -0.810. The van der Waals surface area contributed by atoms with Crippen molar-refractivity contribution in [2.24, 2.45) is 5.92 Å². The van der Waals surface area contributed by atoms with Crippen molar-refractivity contribution in [3.8, 4) is 0 Å². The Bertz CT molecular complexity index is 279. The molecular formula is C14H28N4O. The number of rotatable bonds is 4. The number of piperazine rings is 1. The van der Waals surface area contributed by atoms with E-state index in [9.17, 15) is 4.79 Å². The van der Waals surface area contributed by atoms with E-state index in [-0.39, 0.29) is 6.03 Å². The molecule has 2 aliphatic rings. The molecule has 0 aliphatic carbocycles. The van der Waals surface area contributed by atoms with E-state index in [1.807, 2.05) is 4.90 Å². The van der Waals surface area contributed by atoms with E-state index in [0.29, 0.717) is 5.92 Å². The molecule has 2 heterocycles. The summed E-state index contributed by atoms with van der Waals surface area (Å²) in [5, 5.41) is 6.41. The third-order valence-corrected chi connectivity index (χ3v) is 4.08. The lowest BCUT2D eigenvalue weighted by Crippen LogP contribution is -2.46. The Balaban J connectivity index is 1.55. The second-order valence-corrected chi connectivity index (χ2v) is 5.87. The molecule has 0 radical (unpaired) electrons. The molecular weight excluding hydrogens is 240 g/mol. The van der Waals surface area contributed by atoms with E-state index < -0.39 is 0 Å². The topological polar surface area (TPSA) is 47.6 Å². The first kappa shape index (κ1) is 14.6. The lowest BCUT2D eigenvalue weighted by atomic mass is 10.0. The predicted octanol–water partition coefficient (Wildman–Crippen LogP) is 0.723. The normalized spacial score (nSPS) is 25.3. The van der Waals surface area contributed by atoms with Crippen LogP contribution in [-0.4, -0.2) is 68.2 Å². The molecule has 19 heavy (non-hydrogen) atoms. The minimum absolute atomic E-state index is 0.131. The number of piperidine rings is 1. The molecule has 110 valence electrons. The van der Waals surface area contributed by atoms with Gasteiger partial charge in [-0.15, -0.1) is 0 Å². The number of amides is 2. The van der Waals surface area contributed by atoms with Crippen LogP contribution in [0.5, 0.6) is 0 Å². The smallest absolute Gasteiger partial charge is 0.317 e. The molecule has 2 fully saturated rings. The summed E-state index contributed by atoms with van der Waals surface area (Å²) in [6.45, 7) is 10.4. The Morgan fingerprint density at radius 1 is 1.32 bits per heavy atom. The summed E-state index contributed by atoms with van der Waals surface area (Å²) in [5.41, 5.74) is 0. The second-order valence-electron chi connectivity index (χ2n) is 5.87. The van der Waals surface area contributed by atoms with E-state index in [4.69, 9.17) is 0 Å². The van der Waals surface area contributed by atoms with Crippen molar-refractivity contribution in [2.75, 3.05) is 52.4 Å². The van der Waals surface area contributed by atoms with Gasteiger partial charge in [-0.05, 0) is 31.7 Å². The molecule has 1 unspecified atom stereocenters. The number of nitrogens with one attached hydrogen (secondary N) is 2. The second kappa shape index (κ2) is 7.70. The molecule has 5 heteroatoms. The number of likely N-dealkylation sites (tertiary alicyclic amines) is 1. The van der Waals surface area contributed by atoms with Crippen LogP contribution in [0.1, 0.15) is 26.2 Å². The minimum atomic E-state index is 0.131. The molecule has 5 nitrogen and oxygen atoms in total. The van der Waals surface area contributed by atoms with Crippen LogP contribution in [0, 0.1) is 5.92 Å². The van der Waals surface area contributed by atoms with Gasteiger partial charge < -0.3 is 20.4 Å². The van der Waals surface area contributed by atoms with E-state index in [2.05, 4.69) is 22.5 Å². The fourth-order valence-electron chi connectivity index (χ4n) is 2.92. The lowest BCUT2D eigenvalue weighted by Gasteiger charge is -2.31. The molecule has 2 saturated heterocycles. The van der Waals surface area contributed by atoms with Crippen LogP contribution in [-0.2, 0) is 0 Å². The Morgan fingerprint density at radius 2 is 2.11 bits per heavy atom. The summed E-state index contributed by atoms with van der Waals surface area (Å²) in [4.78, 5) is 16.4. The number of nitrogens with zero attached hydrogens (tertiary/aromatic N) is 2. The molecule has 2 rings (SSSR count). The maximum absolute atomic E-state index is 12.0.